The average molecular weight is 425 g/mol. The van der Waals surface area contributed by atoms with Crippen molar-refractivity contribution in [2.75, 3.05) is 51.3 Å². The fourth-order valence-corrected chi connectivity index (χ4v) is 3.74. The number of piperazine rings is 1. The van der Waals surface area contributed by atoms with E-state index in [2.05, 4.69) is 27.1 Å². The van der Waals surface area contributed by atoms with E-state index in [0.29, 0.717) is 36.8 Å². The number of rotatable bonds is 7. The van der Waals surface area contributed by atoms with Crippen molar-refractivity contribution in [1.82, 2.24) is 15.2 Å². The first-order valence-electron chi connectivity index (χ1n) is 10.7. The molecule has 1 amide bonds. The van der Waals surface area contributed by atoms with Gasteiger partial charge in [0, 0.05) is 62.9 Å². The summed E-state index contributed by atoms with van der Waals surface area (Å²) in [5.74, 6) is 1.90. The van der Waals surface area contributed by atoms with Crippen LogP contribution in [-0.4, -0.2) is 68.0 Å². The lowest BCUT2D eigenvalue weighted by Crippen LogP contribution is -2.45. The van der Waals surface area contributed by atoms with Crippen LogP contribution in [0.15, 0.2) is 36.5 Å². The Bertz CT molecular complexity index is 941. The van der Waals surface area contributed by atoms with E-state index in [-0.39, 0.29) is 24.5 Å². The first-order chi connectivity index (χ1) is 15.1. The molecule has 0 atom stereocenters. The summed E-state index contributed by atoms with van der Waals surface area (Å²) < 4.78 is 11.0. The van der Waals surface area contributed by atoms with Crippen LogP contribution in [0.25, 0.3) is 0 Å². The molecule has 8 heteroatoms. The van der Waals surface area contributed by atoms with Gasteiger partial charge in [0.15, 0.2) is 17.3 Å². The maximum Gasteiger partial charge on any atom is 0.220 e. The van der Waals surface area contributed by atoms with Gasteiger partial charge in [-0.25, -0.2) is 4.98 Å². The molecule has 2 aromatic rings. The van der Waals surface area contributed by atoms with E-state index < -0.39 is 0 Å². The maximum absolute atomic E-state index is 12.5. The summed E-state index contributed by atoms with van der Waals surface area (Å²) in [7, 11) is 2.11. The summed E-state index contributed by atoms with van der Waals surface area (Å²) in [6.07, 6.45) is 2.06. The minimum Gasteiger partial charge on any atom is -0.486 e. The number of ketones is 1. The number of nitrogens with one attached hydrogen (secondary N) is 1. The molecule has 0 unspecified atom stereocenters. The van der Waals surface area contributed by atoms with Gasteiger partial charge in [-0.2, -0.15) is 0 Å². The molecule has 0 bridgehead atoms. The zero-order valence-corrected chi connectivity index (χ0v) is 17.8. The number of fused-ring (bicyclic) bond motifs is 1. The second-order valence-corrected chi connectivity index (χ2v) is 7.83. The van der Waals surface area contributed by atoms with Crippen LogP contribution in [0.2, 0.25) is 0 Å². The molecule has 8 nitrogen and oxygen atoms in total. The van der Waals surface area contributed by atoms with Crippen molar-refractivity contribution >= 4 is 17.5 Å². The Balaban J connectivity index is 1.28. The number of carbonyl (C=O) groups is 2. The third-order valence-electron chi connectivity index (χ3n) is 5.59. The van der Waals surface area contributed by atoms with Gasteiger partial charge < -0.3 is 24.6 Å². The molecule has 1 fully saturated rings. The van der Waals surface area contributed by atoms with Crippen LogP contribution >= 0.6 is 0 Å². The van der Waals surface area contributed by atoms with Crippen molar-refractivity contribution in [3.63, 3.8) is 0 Å². The van der Waals surface area contributed by atoms with Crippen LogP contribution in [-0.2, 0) is 11.3 Å². The van der Waals surface area contributed by atoms with Crippen molar-refractivity contribution in [2.45, 2.75) is 19.4 Å². The summed E-state index contributed by atoms with van der Waals surface area (Å²) in [5, 5.41) is 2.93. The number of amides is 1. The number of carbonyl (C=O) groups excluding carboxylic acids is 2. The van der Waals surface area contributed by atoms with Crippen LogP contribution in [0.1, 0.15) is 28.8 Å². The van der Waals surface area contributed by atoms with Gasteiger partial charge >= 0.3 is 0 Å². The third kappa shape index (κ3) is 5.32. The minimum atomic E-state index is -0.154. The topological polar surface area (TPSA) is 84.0 Å². The highest BCUT2D eigenvalue weighted by Gasteiger charge is 2.19. The fourth-order valence-electron chi connectivity index (χ4n) is 3.74. The Morgan fingerprint density at radius 1 is 1.03 bits per heavy atom. The Labute approximate surface area is 182 Å². The predicted molar refractivity (Wildman–Crippen MR) is 117 cm³/mol. The number of likely N-dealkylation sites (N-methyl/N-ethyl adjacent to an activating group) is 1. The lowest BCUT2D eigenvalue weighted by Gasteiger charge is -2.34. The molecule has 1 saturated heterocycles. The second kappa shape index (κ2) is 9.78. The van der Waals surface area contributed by atoms with E-state index in [1.807, 2.05) is 12.1 Å². The number of hydrogen-bond donors (Lipinski definition) is 1. The molecule has 4 rings (SSSR count). The largest absolute Gasteiger partial charge is 0.486 e. The van der Waals surface area contributed by atoms with Crippen LogP contribution in [0, 0.1) is 0 Å². The Morgan fingerprint density at radius 3 is 2.61 bits per heavy atom. The number of anilines is 1. The van der Waals surface area contributed by atoms with Crippen LogP contribution < -0.4 is 19.7 Å². The molecule has 2 aliphatic rings. The summed E-state index contributed by atoms with van der Waals surface area (Å²) in [4.78, 5) is 33.9. The highest BCUT2D eigenvalue weighted by molar-refractivity contribution is 5.98. The van der Waals surface area contributed by atoms with Crippen LogP contribution in [0.4, 0.5) is 5.82 Å². The SMILES string of the molecule is CN1CCN(c2ncccc2CNC(=O)CCC(=O)c2ccc3c(c2)OCCO3)CC1. The van der Waals surface area contributed by atoms with Crippen molar-refractivity contribution in [3.05, 3.63) is 47.7 Å². The van der Waals surface area contributed by atoms with E-state index in [4.69, 9.17) is 9.47 Å². The first-order valence-corrected chi connectivity index (χ1v) is 10.7. The van der Waals surface area contributed by atoms with Crippen LogP contribution in [0.3, 0.4) is 0 Å². The van der Waals surface area contributed by atoms with Gasteiger partial charge in [0.2, 0.25) is 5.91 Å². The molecule has 0 spiro atoms. The lowest BCUT2D eigenvalue weighted by atomic mass is 10.1. The molecule has 0 saturated carbocycles. The Kier molecular flexibility index (Phi) is 6.66. The normalized spacial score (nSPS) is 16.1. The van der Waals surface area contributed by atoms with Gasteiger partial charge in [0.05, 0.1) is 0 Å². The standard InChI is InChI=1S/C23H28N4O4/c1-26-9-11-27(12-10-26)23-18(3-2-8-24-23)16-25-22(29)7-5-19(28)17-4-6-20-21(15-17)31-14-13-30-20/h2-4,6,8,15H,5,7,9-14,16H2,1H3,(H,25,29). The van der Waals surface area contributed by atoms with Gasteiger partial charge in [0.1, 0.15) is 19.0 Å². The number of nitrogens with zero attached hydrogens (tertiary/aromatic N) is 3. The number of ether oxygens (including phenoxy) is 2. The molecule has 3 heterocycles. The van der Waals surface area contributed by atoms with Crippen molar-refractivity contribution < 1.29 is 19.1 Å². The number of aromatic nitrogens is 1. The molecular formula is C23H28N4O4. The molecule has 0 aliphatic carbocycles. The number of benzene rings is 1. The summed E-state index contributed by atoms with van der Waals surface area (Å²) in [6, 6.07) is 9.01. The minimum absolute atomic E-state index is 0.0911. The van der Waals surface area contributed by atoms with Gasteiger partial charge in [-0.1, -0.05) is 6.07 Å². The van der Waals surface area contributed by atoms with Crippen LogP contribution in [0.5, 0.6) is 11.5 Å². The van der Waals surface area contributed by atoms with Gasteiger partial charge in [-0.3, -0.25) is 9.59 Å². The Morgan fingerprint density at radius 2 is 1.81 bits per heavy atom. The molecule has 1 aromatic carbocycles. The molecule has 1 aromatic heterocycles. The summed E-state index contributed by atoms with van der Waals surface area (Å²) in [6.45, 7) is 5.18. The van der Waals surface area contributed by atoms with E-state index in [1.54, 1.807) is 24.4 Å². The lowest BCUT2D eigenvalue weighted by molar-refractivity contribution is -0.121. The third-order valence-corrected chi connectivity index (χ3v) is 5.59. The molecule has 0 radical (unpaired) electrons. The van der Waals surface area contributed by atoms with Crippen molar-refractivity contribution in [2.24, 2.45) is 0 Å². The Hall–Kier alpha value is -3.13. The molecule has 2 aliphatic heterocycles. The highest BCUT2D eigenvalue weighted by Crippen LogP contribution is 2.31. The smallest absolute Gasteiger partial charge is 0.220 e. The van der Waals surface area contributed by atoms with E-state index in [1.165, 1.54) is 0 Å². The number of pyridine rings is 1. The highest BCUT2D eigenvalue weighted by atomic mass is 16.6. The molecule has 164 valence electrons. The second-order valence-electron chi connectivity index (χ2n) is 7.83. The average Bonchev–Trinajstić information content (AvgIpc) is 2.81. The first kappa shape index (κ1) is 21.1. The quantitative estimate of drug-likeness (QED) is 0.680. The monoisotopic (exact) mass is 424 g/mol. The van der Waals surface area contributed by atoms with Crippen molar-refractivity contribution in [3.8, 4) is 11.5 Å². The molecule has 1 N–H and O–H groups in total. The summed E-state index contributed by atoms with van der Waals surface area (Å²) in [5.41, 5.74) is 1.51. The summed E-state index contributed by atoms with van der Waals surface area (Å²) >= 11 is 0. The van der Waals surface area contributed by atoms with E-state index >= 15 is 0 Å². The van der Waals surface area contributed by atoms with Gasteiger partial charge in [0.25, 0.3) is 0 Å². The molecular weight excluding hydrogens is 396 g/mol. The zero-order valence-electron chi connectivity index (χ0n) is 17.8. The zero-order chi connectivity index (χ0) is 21.6. The number of Topliss-reactive ketones (excluding diaryl/α,β-unsaturated/α-hetero) is 1. The number of hydrogen-bond acceptors (Lipinski definition) is 7. The van der Waals surface area contributed by atoms with E-state index in [9.17, 15) is 9.59 Å². The maximum atomic E-state index is 12.5. The van der Waals surface area contributed by atoms with E-state index in [0.717, 1.165) is 37.6 Å². The predicted octanol–water partition coefficient (Wildman–Crippen LogP) is 1.88. The molecule has 31 heavy (non-hydrogen) atoms. The van der Waals surface area contributed by atoms with Gasteiger partial charge in [-0.05, 0) is 31.3 Å². The fraction of sp³-hybridized carbons (Fsp3) is 0.435. The van der Waals surface area contributed by atoms with Gasteiger partial charge in [-0.15, -0.1) is 0 Å². The van der Waals surface area contributed by atoms with Crippen molar-refractivity contribution in [1.29, 1.82) is 0 Å².